The second-order valence-corrected chi connectivity index (χ2v) is 8.12. The molecule has 0 unspecified atom stereocenters. The molecule has 0 aliphatic rings. The number of benzene rings is 3. The zero-order chi connectivity index (χ0) is 23.4. The number of nitrogens with one attached hydrogen (secondary N) is 3. The lowest BCUT2D eigenvalue weighted by Gasteiger charge is -2.10. The number of carbonyl (C=O) groups is 2. The summed E-state index contributed by atoms with van der Waals surface area (Å²) in [5, 5.41) is 11.9. The van der Waals surface area contributed by atoms with Crippen LogP contribution in [-0.2, 0) is 5.75 Å². The predicted octanol–water partition coefficient (Wildman–Crippen LogP) is 4.15. The van der Waals surface area contributed by atoms with Gasteiger partial charge in [0.05, 0.1) is 21.5 Å². The van der Waals surface area contributed by atoms with Crippen LogP contribution in [0.5, 0.6) is 0 Å². The fraction of sp³-hybridized carbons (Fsp3) is 0.0870. The first-order chi connectivity index (χ1) is 15.9. The number of nitro groups is 1. The number of nitrogens with zero attached hydrogens (tertiary/aromatic N) is 2. The smallest absolute Gasteiger partial charge is 0.273 e. The highest BCUT2D eigenvalue weighted by Gasteiger charge is 2.18. The molecular weight excluding hydrogens is 442 g/mol. The van der Waals surface area contributed by atoms with E-state index in [9.17, 15) is 19.7 Å². The zero-order valence-corrected chi connectivity index (χ0v) is 18.3. The number of nitro benzene ring substituents is 1. The lowest BCUT2D eigenvalue weighted by atomic mass is 10.1. The third-order valence-electron chi connectivity index (χ3n) is 5.00. The number of aromatic nitrogens is 2. The van der Waals surface area contributed by atoms with E-state index >= 15 is 0 Å². The van der Waals surface area contributed by atoms with Crippen LogP contribution in [0.4, 0.5) is 5.69 Å². The number of hydrazine groups is 1. The molecule has 33 heavy (non-hydrogen) atoms. The molecule has 166 valence electrons. The number of thioether (sulfide) groups is 1. The molecule has 0 aliphatic carbocycles. The second kappa shape index (κ2) is 9.53. The molecule has 0 atom stereocenters. The average Bonchev–Trinajstić information content (AvgIpc) is 3.24. The van der Waals surface area contributed by atoms with Gasteiger partial charge in [0, 0.05) is 22.9 Å². The van der Waals surface area contributed by atoms with E-state index in [-0.39, 0.29) is 16.8 Å². The van der Waals surface area contributed by atoms with Gasteiger partial charge in [-0.1, -0.05) is 42.1 Å². The largest absolute Gasteiger partial charge is 0.333 e. The Kier molecular flexibility index (Phi) is 6.36. The minimum atomic E-state index is -0.636. The number of rotatable bonds is 6. The first kappa shape index (κ1) is 22.0. The molecule has 0 saturated heterocycles. The van der Waals surface area contributed by atoms with Crippen LogP contribution in [0.1, 0.15) is 31.8 Å². The predicted molar refractivity (Wildman–Crippen MR) is 125 cm³/mol. The quantitative estimate of drug-likeness (QED) is 0.225. The van der Waals surface area contributed by atoms with Crippen molar-refractivity contribution < 1.29 is 14.5 Å². The van der Waals surface area contributed by atoms with Crippen molar-refractivity contribution in [1.82, 2.24) is 20.8 Å². The second-order valence-electron chi connectivity index (χ2n) is 7.16. The number of carbonyl (C=O) groups excluding carboxylic acids is 2. The van der Waals surface area contributed by atoms with Gasteiger partial charge in [-0.3, -0.25) is 30.6 Å². The van der Waals surface area contributed by atoms with E-state index in [0.29, 0.717) is 11.3 Å². The number of amides is 2. The molecule has 1 heterocycles. The van der Waals surface area contributed by atoms with Crippen molar-refractivity contribution in [1.29, 1.82) is 0 Å². The molecule has 10 heteroatoms. The average molecular weight is 462 g/mol. The topological polar surface area (TPSA) is 130 Å². The summed E-state index contributed by atoms with van der Waals surface area (Å²) in [5.74, 6) is -0.462. The van der Waals surface area contributed by atoms with E-state index in [1.54, 1.807) is 23.9 Å². The van der Waals surface area contributed by atoms with Crippen LogP contribution in [0, 0.1) is 17.0 Å². The molecule has 9 nitrogen and oxygen atoms in total. The molecule has 1 aromatic heterocycles. The van der Waals surface area contributed by atoms with Gasteiger partial charge in [-0.2, -0.15) is 0 Å². The SMILES string of the molecule is Cc1c(C(=O)NNC(=O)c2ccc(CSc3nc4ccccc4[nH]3)cc2)cccc1[N+](=O)[O-]. The van der Waals surface area contributed by atoms with Gasteiger partial charge in [-0.05, 0) is 42.8 Å². The maximum Gasteiger partial charge on any atom is 0.273 e. The molecule has 0 radical (unpaired) electrons. The number of aromatic amines is 1. The molecule has 0 spiro atoms. The van der Waals surface area contributed by atoms with Crippen molar-refractivity contribution in [3.63, 3.8) is 0 Å². The van der Waals surface area contributed by atoms with Crippen LogP contribution < -0.4 is 10.9 Å². The van der Waals surface area contributed by atoms with Gasteiger partial charge in [0.2, 0.25) is 0 Å². The van der Waals surface area contributed by atoms with Crippen molar-refractivity contribution in [2.75, 3.05) is 0 Å². The molecule has 0 fully saturated rings. The maximum absolute atomic E-state index is 12.4. The van der Waals surface area contributed by atoms with E-state index in [1.807, 2.05) is 36.4 Å². The minimum absolute atomic E-state index is 0.113. The van der Waals surface area contributed by atoms with Gasteiger partial charge >= 0.3 is 0 Å². The van der Waals surface area contributed by atoms with E-state index in [4.69, 9.17) is 0 Å². The molecule has 2 amide bonds. The normalized spacial score (nSPS) is 10.7. The molecule has 3 aromatic carbocycles. The highest BCUT2D eigenvalue weighted by molar-refractivity contribution is 7.98. The number of H-pyrrole nitrogens is 1. The lowest BCUT2D eigenvalue weighted by molar-refractivity contribution is -0.385. The Morgan fingerprint density at radius 1 is 1.00 bits per heavy atom. The highest BCUT2D eigenvalue weighted by Crippen LogP contribution is 2.23. The van der Waals surface area contributed by atoms with Gasteiger partial charge in [0.1, 0.15) is 0 Å². The van der Waals surface area contributed by atoms with Crippen LogP contribution in [0.2, 0.25) is 0 Å². The van der Waals surface area contributed by atoms with Gasteiger partial charge < -0.3 is 4.98 Å². The number of imidazole rings is 1. The summed E-state index contributed by atoms with van der Waals surface area (Å²) >= 11 is 1.56. The Balaban J connectivity index is 1.33. The molecular formula is C23H19N5O4S. The fourth-order valence-electron chi connectivity index (χ4n) is 3.22. The zero-order valence-electron chi connectivity index (χ0n) is 17.5. The van der Waals surface area contributed by atoms with Crippen LogP contribution in [-0.4, -0.2) is 26.7 Å². The Hall–Kier alpha value is -4.18. The molecule has 4 rings (SSSR count). The molecule has 0 aliphatic heterocycles. The lowest BCUT2D eigenvalue weighted by Crippen LogP contribution is -2.41. The van der Waals surface area contributed by atoms with Gasteiger partial charge in [-0.15, -0.1) is 0 Å². The Labute approximate surface area is 192 Å². The van der Waals surface area contributed by atoms with Crippen LogP contribution in [0.25, 0.3) is 11.0 Å². The maximum atomic E-state index is 12.4. The monoisotopic (exact) mass is 461 g/mol. The third-order valence-corrected chi connectivity index (χ3v) is 5.94. The summed E-state index contributed by atoms with van der Waals surface area (Å²) < 4.78 is 0. The summed E-state index contributed by atoms with van der Waals surface area (Å²) in [6.45, 7) is 1.48. The van der Waals surface area contributed by atoms with Crippen molar-refractivity contribution >= 4 is 40.3 Å². The van der Waals surface area contributed by atoms with Gasteiger partial charge in [-0.25, -0.2) is 4.98 Å². The highest BCUT2D eigenvalue weighted by atomic mass is 32.2. The van der Waals surface area contributed by atoms with Crippen molar-refractivity contribution in [2.45, 2.75) is 17.8 Å². The van der Waals surface area contributed by atoms with E-state index in [1.165, 1.54) is 25.1 Å². The van der Waals surface area contributed by atoms with Crippen LogP contribution >= 0.6 is 11.8 Å². The van der Waals surface area contributed by atoms with Crippen molar-refractivity contribution in [2.24, 2.45) is 0 Å². The summed E-state index contributed by atoms with van der Waals surface area (Å²) in [6, 6.07) is 19.0. The first-order valence-electron chi connectivity index (χ1n) is 9.93. The molecule has 3 N–H and O–H groups in total. The number of fused-ring (bicyclic) bond motifs is 1. The standard InChI is InChI=1S/C23H19N5O4S/c1-14-17(5-4-8-20(14)28(31)32)22(30)27-26-21(29)16-11-9-15(10-12-16)13-33-23-24-18-6-2-3-7-19(18)25-23/h2-12H,13H2,1H3,(H,24,25)(H,26,29)(H,27,30). The molecule has 0 bridgehead atoms. The van der Waals surface area contributed by atoms with Gasteiger partial charge in [0.15, 0.2) is 5.16 Å². The van der Waals surface area contributed by atoms with Crippen molar-refractivity contribution in [3.8, 4) is 0 Å². The number of para-hydroxylation sites is 2. The Morgan fingerprint density at radius 2 is 1.73 bits per heavy atom. The van der Waals surface area contributed by atoms with E-state index in [0.717, 1.165) is 21.8 Å². The Bertz CT molecular complexity index is 1320. The van der Waals surface area contributed by atoms with Crippen LogP contribution in [0.15, 0.2) is 71.9 Å². The van der Waals surface area contributed by atoms with E-state index < -0.39 is 16.7 Å². The minimum Gasteiger partial charge on any atom is -0.333 e. The van der Waals surface area contributed by atoms with E-state index in [2.05, 4.69) is 20.8 Å². The Morgan fingerprint density at radius 3 is 2.45 bits per heavy atom. The summed E-state index contributed by atoms with van der Waals surface area (Å²) in [5.41, 5.74) is 8.08. The summed E-state index contributed by atoms with van der Waals surface area (Å²) in [4.78, 5) is 43.0. The molecule has 4 aromatic rings. The summed E-state index contributed by atoms with van der Waals surface area (Å²) in [7, 11) is 0. The molecule has 0 saturated carbocycles. The number of hydrogen-bond acceptors (Lipinski definition) is 6. The van der Waals surface area contributed by atoms with Gasteiger partial charge in [0.25, 0.3) is 17.5 Å². The first-order valence-corrected chi connectivity index (χ1v) is 10.9. The van der Waals surface area contributed by atoms with Crippen LogP contribution in [0.3, 0.4) is 0 Å². The number of hydrogen-bond donors (Lipinski definition) is 3. The fourth-order valence-corrected chi connectivity index (χ4v) is 4.06. The third kappa shape index (κ3) is 5.01. The summed E-state index contributed by atoms with van der Waals surface area (Å²) in [6.07, 6.45) is 0. The van der Waals surface area contributed by atoms with Crippen molar-refractivity contribution in [3.05, 3.63) is 99.1 Å².